The smallest absolute Gasteiger partial charge is 0.387 e. The summed E-state index contributed by atoms with van der Waals surface area (Å²) in [5.74, 6) is -1.72. The molecule has 3 unspecified atom stereocenters. The van der Waals surface area contributed by atoms with Crippen LogP contribution >= 0.6 is 35.7 Å². The number of phosphoric ester groups is 1. The number of halogens is 2. The molecular formula is C10H16F2N3O13P3S. The Morgan fingerprint density at radius 3 is 2.34 bits per heavy atom. The first-order chi connectivity index (χ1) is 14.4. The third-order valence-electron chi connectivity index (χ3n) is 3.83. The van der Waals surface area contributed by atoms with Crippen LogP contribution in [0, 0.1) is 10.6 Å². The lowest BCUT2D eigenvalue weighted by Crippen LogP contribution is -2.48. The Kier molecular flexibility index (Phi) is 8.15. The molecule has 1 aliphatic heterocycles. The van der Waals surface area contributed by atoms with Crippen molar-refractivity contribution >= 4 is 41.5 Å². The van der Waals surface area contributed by atoms with E-state index in [1.54, 1.807) is 0 Å². The van der Waals surface area contributed by atoms with Gasteiger partial charge < -0.3 is 40.3 Å². The average molecular weight is 549 g/mol. The number of anilines is 1. The normalized spacial score (nSPS) is 30.1. The van der Waals surface area contributed by atoms with Crippen LogP contribution in [-0.4, -0.2) is 70.4 Å². The zero-order valence-corrected chi connectivity index (χ0v) is 18.7. The van der Waals surface area contributed by atoms with Crippen molar-refractivity contribution in [1.82, 2.24) is 9.55 Å². The number of hydrogen-bond acceptors (Lipinski definition) is 12. The summed E-state index contributed by atoms with van der Waals surface area (Å²) < 4.78 is 77.9. The van der Waals surface area contributed by atoms with Gasteiger partial charge in [0, 0.05) is 6.20 Å². The quantitative estimate of drug-likeness (QED) is 0.153. The molecule has 22 heteroatoms. The molecule has 184 valence electrons. The van der Waals surface area contributed by atoms with Crippen molar-refractivity contribution < 1.29 is 70.1 Å². The van der Waals surface area contributed by atoms with Gasteiger partial charge in [-0.15, -0.1) is 0 Å². The Morgan fingerprint density at radius 1 is 1.22 bits per heavy atom. The highest BCUT2D eigenvalue weighted by molar-refractivity contribution is 7.71. The van der Waals surface area contributed by atoms with E-state index >= 15 is 0 Å². The molecule has 1 fully saturated rings. The number of nitrogens with two attached hydrogens (primary N) is 1. The van der Waals surface area contributed by atoms with Crippen LogP contribution in [-0.2, 0) is 31.6 Å². The SMILES string of the molecule is Nc1nc(=S)n([C@@H]2O[C@](CF)(COP(=O)(O)OP(=O)(O)OP(=O)(O)O)C(O)[C@@H]2O)cc1F. The van der Waals surface area contributed by atoms with Crippen molar-refractivity contribution in [1.29, 1.82) is 0 Å². The second-order valence-corrected chi connectivity index (χ2v) is 11.0. The number of ether oxygens (including phenoxy) is 1. The Hall–Kier alpha value is -0.750. The average Bonchev–Trinajstić information content (AvgIpc) is 2.85. The van der Waals surface area contributed by atoms with Crippen molar-refractivity contribution in [2.24, 2.45) is 0 Å². The van der Waals surface area contributed by atoms with E-state index in [4.69, 9.17) is 37.4 Å². The fourth-order valence-corrected chi connectivity index (χ4v) is 5.80. The van der Waals surface area contributed by atoms with E-state index in [-0.39, 0.29) is 0 Å². The molecule has 0 aliphatic carbocycles. The van der Waals surface area contributed by atoms with Gasteiger partial charge in [0.1, 0.15) is 18.9 Å². The fourth-order valence-electron chi connectivity index (χ4n) is 2.47. The van der Waals surface area contributed by atoms with E-state index in [1.165, 1.54) is 0 Å². The number of aliphatic hydroxyl groups excluding tert-OH is 2. The van der Waals surface area contributed by atoms with Crippen LogP contribution in [0.3, 0.4) is 0 Å². The molecule has 32 heavy (non-hydrogen) atoms. The first-order valence-corrected chi connectivity index (χ1v) is 12.8. The van der Waals surface area contributed by atoms with E-state index in [2.05, 4.69) is 18.1 Å². The zero-order valence-electron chi connectivity index (χ0n) is 15.2. The molecule has 0 radical (unpaired) electrons. The second kappa shape index (κ2) is 9.48. The van der Waals surface area contributed by atoms with Gasteiger partial charge in [-0.3, -0.25) is 9.09 Å². The van der Waals surface area contributed by atoms with Gasteiger partial charge in [0.25, 0.3) is 0 Å². The molecule has 8 N–H and O–H groups in total. The maximum atomic E-state index is 13.8. The highest BCUT2D eigenvalue weighted by Crippen LogP contribution is 2.66. The lowest BCUT2D eigenvalue weighted by molar-refractivity contribution is -0.136. The molecule has 1 aromatic rings. The molecule has 16 nitrogen and oxygen atoms in total. The number of aliphatic hydroxyl groups is 2. The summed E-state index contributed by atoms with van der Waals surface area (Å²) >= 11 is 4.83. The minimum atomic E-state index is -5.86. The van der Waals surface area contributed by atoms with Crippen LogP contribution in [0.1, 0.15) is 6.23 Å². The largest absolute Gasteiger partial charge is 0.490 e. The molecule has 6 atom stereocenters. The highest BCUT2D eigenvalue weighted by Gasteiger charge is 2.57. The predicted octanol–water partition coefficient (Wildman–Crippen LogP) is -0.364. The lowest BCUT2D eigenvalue weighted by Gasteiger charge is -2.29. The van der Waals surface area contributed by atoms with Crippen LogP contribution in [0.25, 0.3) is 0 Å². The number of hydrogen-bond donors (Lipinski definition) is 7. The molecule has 0 spiro atoms. The Labute approximate surface area is 181 Å². The number of nitrogens with zero attached hydrogens (tertiary/aromatic N) is 2. The molecule has 1 saturated heterocycles. The summed E-state index contributed by atoms with van der Waals surface area (Å²) in [4.78, 5) is 39.0. The predicted molar refractivity (Wildman–Crippen MR) is 98.1 cm³/mol. The summed E-state index contributed by atoms with van der Waals surface area (Å²) in [6.07, 6.45) is -5.39. The summed E-state index contributed by atoms with van der Waals surface area (Å²) in [5.41, 5.74) is 2.62. The molecule has 2 rings (SSSR count). The highest BCUT2D eigenvalue weighted by atomic mass is 32.1. The third kappa shape index (κ3) is 6.43. The van der Waals surface area contributed by atoms with Crippen molar-refractivity contribution in [3.8, 4) is 0 Å². The summed E-state index contributed by atoms with van der Waals surface area (Å²) in [7, 11) is -17.2. The molecule has 0 bridgehead atoms. The van der Waals surface area contributed by atoms with Gasteiger partial charge in [-0.2, -0.15) is 13.6 Å². The Bertz CT molecular complexity index is 1070. The standard InChI is InChI=1S/C10H16F2N3O13P3S/c11-2-10(3-25-30(21,22)28-31(23,24)27-29(18,19)20)6(17)5(16)8(26-10)15-1-4(12)7(13)14-9(15)32/h1,5-6,8,16-17H,2-3H2,(H,21,22)(H,23,24)(H2,13,14,32)(H2,18,19,20)/t5-,6?,8+,10+/m0/s1. The van der Waals surface area contributed by atoms with E-state index in [0.29, 0.717) is 10.8 Å². The summed E-state index contributed by atoms with van der Waals surface area (Å²) in [6, 6.07) is 0. The van der Waals surface area contributed by atoms with Gasteiger partial charge in [0.15, 0.2) is 23.5 Å². The second-order valence-electron chi connectivity index (χ2n) is 6.17. The van der Waals surface area contributed by atoms with E-state index in [9.17, 15) is 37.6 Å². The van der Waals surface area contributed by atoms with E-state index < -0.39 is 77.2 Å². The van der Waals surface area contributed by atoms with Gasteiger partial charge >= 0.3 is 23.5 Å². The van der Waals surface area contributed by atoms with Crippen molar-refractivity contribution in [3.63, 3.8) is 0 Å². The van der Waals surface area contributed by atoms with Crippen molar-refractivity contribution in [2.75, 3.05) is 19.0 Å². The maximum Gasteiger partial charge on any atom is 0.490 e. The van der Waals surface area contributed by atoms with E-state index in [0.717, 1.165) is 0 Å². The Morgan fingerprint density at radius 2 is 1.81 bits per heavy atom. The number of phosphoric acid groups is 3. The van der Waals surface area contributed by atoms with Crippen LogP contribution in [0.5, 0.6) is 0 Å². The van der Waals surface area contributed by atoms with Crippen molar-refractivity contribution in [3.05, 3.63) is 16.8 Å². The van der Waals surface area contributed by atoms with Gasteiger partial charge in [0.2, 0.25) is 4.77 Å². The van der Waals surface area contributed by atoms with Gasteiger partial charge in [-0.05, 0) is 12.2 Å². The zero-order chi connectivity index (χ0) is 24.7. The van der Waals surface area contributed by atoms with E-state index in [1.807, 2.05) is 0 Å². The monoisotopic (exact) mass is 549 g/mol. The summed E-state index contributed by atoms with van der Waals surface area (Å²) in [5, 5.41) is 20.4. The topological polar surface area (TPSA) is 253 Å². The Balaban J connectivity index is 2.24. The maximum absolute atomic E-state index is 13.8. The number of alkyl halides is 1. The van der Waals surface area contributed by atoms with Crippen LogP contribution < -0.4 is 5.73 Å². The lowest BCUT2D eigenvalue weighted by atomic mass is 9.98. The molecule has 1 aliphatic rings. The van der Waals surface area contributed by atoms with Gasteiger partial charge in [-0.1, -0.05) is 0 Å². The van der Waals surface area contributed by atoms with Gasteiger partial charge in [-0.25, -0.2) is 22.5 Å². The van der Waals surface area contributed by atoms with Crippen LogP contribution in [0.15, 0.2) is 6.20 Å². The first kappa shape index (κ1) is 27.5. The number of aromatic nitrogens is 2. The molecule has 1 aromatic heterocycles. The molecule has 2 heterocycles. The van der Waals surface area contributed by atoms with Crippen LogP contribution in [0.4, 0.5) is 14.6 Å². The minimum absolute atomic E-state index is 0.456. The number of nitrogen functional groups attached to an aromatic ring is 1. The molecule has 0 aromatic carbocycles. The molecule has 0 saturated carbocycles. The van der Waals surface area contributed by atoms with Crippen LogP contribution in [0.2, 0.25) is 0 Å². The minimum Gasteiger partial charge on any atom is -0.387 e. The molecule has 0 amide bonds. The first-order valence-electron chi connectivity index (χ1n) is 7.84. The number of rotatable bonds is 9. The van der Waals surface area contributed by atoms with Crippen molar-refractivity contribution in [2.45, 2.75) is 24.0 Å². The third-order valence-corrected chi connectivity index (χ3v) is 7.92. The fraction of sp³-hybridized carbons (Fsp3) is 0.600. The molecular weight excluding hydrogens is 533 g/mol. The summed E-state index contributed by atoms with van der Waals surface area (Å²) in [6.45, 7) is -3.13. The van der Waals surface area contributed by atoms with Gasteiger partial charge in [0.05, 0.1) is 6.61 Å².